The van der Waals surface area contributed by atoms with E-state index >= 15 is 0 Å². The summed E-state index contributed by atoms with van der Waals surface area (Å²) in [6.45, 7) is 2.40. The summed E-state index contributed by atoms with van der Waals surface area (Å²) in [5, 5.41) is 3.33. The lowest BCUT2D eigenvalue weighted by Gasteiger charge is -2.13. The van der Waals surface area contributed by atoms with E-state index in [4.69, 9.17) is 22.1 Å². The van der Waals surface area contributed by atoms with Gasteiger partial charge in [0.05, 0.1) is 16.8 Å². The fourth-order valence-corrected chi connectivity index (χ4v) is 2.29. The predicted molar refractivity (Wildman–Crippen MR) is 71.8 cm³/mol. The van der Waals surface area contributed by atoms with E-state index in [1.807, 2.05) is 19.1 Å². The summed E-state index contributed by atoms with van der Waals surface area (Å²) >= 11 is 6.06. The molecule has 0 bridgehead atoms. The number of nitrogens with one attached hydrogen (secondary N) is 1. The SMILES string of the molecule is Cc1ccc(NC(=O)[C@@H]2CC[C@H](CN)O2)c(Cl)c1. The van der Waals surface area contributed by atoms with Crippen molar-refractivity contribution >= 4 is 23.2 Å². The molecule has 0 spiro atoms. The first-order valence-electron chi connectivity index (χ1n) is 6.02. The quantitative estimate of drug-likeness (QED) is 0.882. The van der Waals surface area contributed by atoms with Crippen molar-refractivity contribution in [2.45, 2.75) is 32.0 Å². The molecule has 1 aliphatic heterocycles. The summed E-state index contributed by atoms with van der Waals surface area (Å²) < 4.78 is 5.53. The monoisotopic (exact) mass is 268 g/mol. The van der Waals surface area contributed by atoms with Gasteiger partial charge in [-0.3, -0.25) is 4.79 Å². The highest BCUT2D eigenvalue weighted by molar-refractivity contribution is 6.33. The molecule has 1 aromatic rings. The van der Waals surface area contributed by atoms with Crippen LogP contribution in [0.15, 0.2) is 18.2 Å². The van der Waals surface area contributed by atoms with Crippen molar-refractivity contribution in [1.29, 1.82) is 0 Å². The number of carbonyl (C=O) groups excluding carboxylic acids is 1. The molecule has 0 radical (unpaired) electrons. The number of carbonyl (C=O) groups is 1. The molecule has 2 rings (SSSR count). The summed E-state index contributed by atoms with van der Waals surface area (Å²) in [5.41, 5.74) is 7.18. The Kier molecular flexibility index (Phi) is 4.22. The number of ether oxygens (including phenoxy) is 1. The highest BCUT2D eigenvalue weighted by atomic mass is 35.5. The molecule has 4 nitrogen and oxygen atoms in total. The van der Waals surface area contributed by atoms with Crippen molar-refractivity contribution in [3.63, 3.8) is 0 Å². The van der Waals surface area contributed by atoms with Crippen LogP contribution in [-0.4, -0.2) is 24.7 Å². The van der Waals surface area contributed by atoms with Gasteiger partial charge in [-0.05, 0) is 37.5 Å². The van der Waals surface area contributed by atoms with Crippen molar-refractivity contribution in [2.75, 3.05) is 11.9 Å². The van der Waals surface area contributed by atoms with Crippen LogP contribution in [-0.2, 0) is 9.53 Å². The minimum atomic E-state index is -0.420. The maximum atomic E-state index is 12.0. The lowest BCUT2D eigenvalue weighted by Crippen LogP contribution is -2.29. The van der Waals surface area contributed by atoms with Gasteiger partial charge in [0.15, 0.2) is 0 Å². The fraction of sp³-hybridized carbons (Fsp3) is 0.462. The molecule has 1 heterocycles. The van der Waals surface area contributed by atoms with E-state index in [1.54, 1.807) is 6.07 Å². The minimum Gasteiger partial charge on any atom is -0.364 e. The Morgan fingerprint density at radius 2 is 2.33 bits per heavy atom. The number of amides is 1. The number of hydrogen-bond donors (Lipinski definition) is 2. The molecule has 0 saturated carbocycles. The Hall–Kier alpha value is -1.10. The van der Waals surface area contributed by atoms with Gasteiger partial charge < -0.3 is 15.8 Å². The molecular weight excluding hydrogens is 252 g/mol. The second-order valence-corrected chi connectivity index (χ2v) is 4.94. The maximum absolute atomic E-state index is 12.0. The van der Waals surface area contributed by atoms with Crippen molar-refractivity contribution in [3.05, 3.63) is 28.8 Å². The third-order valence-electron chi connectivity index (χ3n) is 3.05. The van der Waals surface area contributed by atoms with Gasteiger partial charge in [0.1, 0.15) is 6.10 Å². The molecule has 1 aromatic carbocycles. The van der Waals surface area contributed by atoms with Gasteiger partial charge >= 0.3 is 0 Å². The third-order valence-corrected chi connectivity index (χ3v) is 3.36. The van der Waals surface area contributed by atoms with E-state index in [1.165, 1.54) is 0 Å². The van der Waals surface area contributed by atoms with Crippen molar-refractivity contribution in [1.82, 2.24) is 0 Å². The zero-order chi connectivity index (χ0) is 13.1. The highest BCUT2D eigenvalue weighted by Crippen LogP contribution is 2.25. The number of nitrogens with two attached hydrogens (primary N) is 1. The number of rotatable bonds is 3. The Morgan fingerprint density at radius 3 is 2.94 bits per heavy atom. The number of hydrogen-bond acceptors (Lipinski definition) is 3. The topological polar surface area (TPSA) is 64.4 Å². The number of halogens is 1. The third kappa shape index (κ3) is 3.02. The zero-order valence-electron chi connectivity index (χ0n) is 10.3. The van der Waals surface area contributed by atoms with Gasteiger partial charge in [-0.15, -0.1) is 0 Å². The van der Waals surface area contributed by atoms with Gasteiger partial charge in [0, 0.05) is 6.54 Å². The minimum absolute atomic E-state index is 0.00533. The van der Waals surface area contributed by atoms with E-state index < -0.39 is 6.10 Å². The largest absolute Gasteiger partial charge is 0.364 e. The van der Waals surface area contributed by atoms with E-state index in [-0.39, 0.29) is 12.0 Å². The summed E-state index contributed by atoms with van der Waals surface area (Å²) in [7, 11) is 0. The first-order chi connectivity index (χ1) is 8.60. The molecule has 2 atom stereocenters. The van der Waals surface area contributed by atoms with Gasteiger partial charge in [0.2, 0.25) is 0 Å². The number of benzene rings is 1. The van der Waals surface area contributed by atoms with Crippen molar-refractivity contribution in [2.24, 2.45) is 5.73 Å². The van der Waals surface area contributed by atoms with Crippen LogP contribution in [0.3, 0.4) is 0 Å². The van der Waals surface area contributed by atoms with E-state index in [0.29, 0.717) is 23.7 Å². The van der Waals surface area contributed by atoms with Crippen LogP contribution in [0.5, 0.6) is 0 Å². The van der Waals surface area contributed by atoms with Crippen LogP contribution in [0.4, 0.5) is 5.69 Å². The average molecular weight is 269 g/mol. The lowest BCUT2D eigenvalue weighted by molar-refractivity contribution is -0.126. The van der Waals surface area contributed by atoms with Crippen LogP contribution < -0.4 is 11.1 Å². The Bertz CT molecular complexity index is 451. The van der Waals surface area contributed by atoms with Gasteiger partial charge in [-0.1, -0.05) is 17.7 Å². The highest BCUT2D eigenvalue weighted by Gasteiger charge is 2.30. The molecule has 0 aliphatic carbocycles. The Labute approximate surface area is 111 Å². The molecule has 1 fully saturated rings. The molecule has 18 heavy (non-hydrogen) atoms. The normalized spacial score (nSPS) is 23.1. The Balaban J connectivity index is 1.99. The van der Waals surface area contributed by atoms with Crippen molar-refractivity contribution < 1.29 is 9.53 Å². The molecule has 98 valence electrons. The summed E-state index contributed by atoms with van der Waals surface area (Å²) in [5.74, 6) is -0.156. The molecule has 1 saturated heterocycles. The van der Waals surface area contributed by atoms with Gasteiger partial charge in [-0.2, -0.15) is 0 Å². The second kappa shape index (κ2) is 5.69. The van der Waals surface area contributed by atoms with E-state index in [0.717, 1.165) is 12.0 Å². The Morgan fingerprint density at radius 1 is 1.56 bits per heavy atom. The predicted octanol–water partition coefficient (Wildman–Crippen LogP) is 2.09. The molecule has 5 heteroatoms. The fourth-order valence-electron chi connectivity index (χ4n) is 2.01. The first kappa shape index (κ1) is 13.3. The summed E-state index contributed by atoms with van der Waals surface area (Å²) in [4.78, 5) is 12.0. The molecule has 1 aliphatic rings. The van der Waals surface area contributed by atoms with Crippen LogP contribution in [0.25, 0.3) is 0 Å². The van der Waals surface area contributed by atoms with Gasteiger partial charge in [0.25, 0.3) is 5.91 Å². The number of aryl methyl sites for hydroxylation is 1. The average Bonchev–Trinajstić information content (AvgIpc) is 2.81. The second-order valence-electron chi connectivity index (χ2n) is 4.53. The first-order valence-corrected chi connectivity index (χ1v) is 6.40. The molecule has 1 amide bonds. The summed E-state index contributed by atoms with van der Waals surface area (Å²) in [6, 6.07) is 5.51. The smallest absolute Gasteiger partial charge is 0.253 e. The van der Waals surface area contributed by atoms with Crippen molar-refractivity contribution in [3.8, 4) is 0 Å². The molecule has 0 aromatic heterocycles. The molecule has 3 N–H and O–H groups in total. The van der Waals surface area contributed by atoms with E-state index in [2.05, 4.69) is 5.32 Å². The van der Waals surface area contributed by atoms with Crippen LogP contribution in [0, 0.1) is 6.92 Å². The lowest BCUT2D eigenvalue weighted by atomic mass is 10.2. The number of anilines is 1. The molecular formula is C13H17ClN2O2. The van der Waals surface area contributed by atoms with Crippen LogP contribution in [0.2, 0.25) is 5.02 Å². The standard InChI is InChI=1S/C13H17ClN2O2/c1-8-2-4-11(10(14)6-8)16-13(17)12-5-3-9(7-15)18-12/h2,4,6,9,12H,3,5,7,15H2,1H3,(H,16,17)/t9-,12+/m1/s1. The van der Waals surface area contributed by atoms with Gasteiger partial charge in [-0.25, -0.2) is 0 Å². The molecule has 0 unspecified atom stereocenters. The maximum Gasteiger partial charge on any atom is 0.253 e. The van der Waals surface area contributed by atoms with Crippen LogP contribution >= 0.6 is 11.6 Å². The zero-order valence-corrected chi connectivity index (χ0v) is 11.0. The summed E-state index contributed by atoms with van der Waals surface area (Å²) in [6.07, 6.45) is 1.11. The van der Waals surface area contributed by atoms with Crippen LogP contribution in [0.1, 0.15) is 18.4 Å². The van der Waals surface area contributed by atoms with E-state index in [9.17, 15) is 4.79 Å².